The van der Waals surface area contributed by atoms with Gasteiger partial charge in [0.25, 0.3) is 0 Å². The molecule has 0 spiro atoms. The fraction of sp³-hybridized carbons (Fsp3) is 1.00. The Hall–Kier alpha value is 0.539. The van der Waals surface area contributed by atoms with E-state index in [9.17, 15) is 25.9 Å². The van der Waals surface area contributed by atoms with Crippen molar-refractivity contribution in [2.24, 2.45) is 0 Å². The van der Waals surface area contributed by atoms with Gasteiger partial charge in [-0.15, -0.1) is 0 Å². The molecule has 0 unspecified atom stereocenters. The summed E-state index contributed by atoms with van der Waals surface area (Å²) >= 11 is 0.230. The topological polar surface area (TPSA) is 133 Å². The summed E-state index contributed by atoms with van der Waals surface area (Å²) in [5.74, 6) is 0. The number of unbranched alkanes of at least 4 members (excludes halogenated alkanes) is 18. The van der Waals surface area contributed by atoms with E-state index in [1.54, 1.807) is 0 Å². The predicted molar refractivity (Wildman–Crippen MR) is 152 cm³/mol. The molecule has 0 aliphatic heterocycles. The van der Waals surface area contributed by atoms with Crippen molar-refractivity contribution in [1.82, 2.24) is 0 Å². The third-order valence-corrected chi connectivity index (χ3v) is 6.36. The van der Waals surface area contributed by atoms with Crippen molar-refractivity contribution in [2.75, 3.05) is 13.2 Å². The van der Waals surface area contributed by atoms with Crippen LogP contribution in [-0.2, 0) is 29.2 Å². The van der Waals surface area contributed by atoms with Crippen LogP contribution in [0.15, 0.2) is 0 Å². The molecule has 224 valence electrons. The van der Waals surface area contributed by atoms with Gasteiger partial charge >= 0.3 is 31.0 Å². The fourth-order valence-electron chi connectivity index (χ4n) is 3.50. The summed E-state index contributed by atoms with van der Waals surface area (Å²) in [6, 6.07) is 0. The van der Waals surface area contributed by atoms with E-state index in [0.29, 0.717) is 12.8 Å². The average molecular weight is 680 g/mol. The van der Waals surface area contributed by atoms with Gasteiger partial charge in [-0.3, -0.25) is 8.37 Å². The molecule has 0 N–H and O–H groups in total. The third-order valence-electron chi connectivity index (χ3n) is 5.45. The van der Waals surface area contributed by atoms with Gasteiger partial charge in [-0.05, 0) is 12.8 Å². The molecule has 0 heterocycles. The van der Waals surface area contributed by atoms with Gasteiger partial charge in [0.1, 0.15) is 0 Å². The molecule has 0 aliphatic rings. The van der Waals surface area contributed by atoms with E-state index < -0.39 is 20.8 Å². The van der Waals surface area contributed by atoms with Crippen molar-refractivity contribution < 1.29 is 34.3 Å². The third kappa shape index (κ3) is 53.5. The normalized spacial score (nSPS) is 11.2. The fourth-order valence-corrected chi connectivity index (χ4v) is 4.14. The van der Waals surface area contributed by atoms with Crippen LogP contribution in [0.3, 0.4) is 0 Å². The molecule has 0 radical (unpaired) electrons. The predicted octanol–water partition coefficient (Wildman–Crippen LogP) is 7.56. The minimum absolute atomic E-state index is 0.0301. The second kappa shape index (κ2) is 32.7. The first-order chi connectivity index (χ1) is 17.5. The molecule has 8 nitrogen and oxygen atoms in total. The van der Waals surface area contributed by atoms with E-state index >= 15 is 0 Å². The SMILES string of the molecule is CCCCCCCCCCCCOS(=O)(=O)[O-].CCCCCCCCCCCCOS(=O)(=O)[O-].[CH3][Sn+2][CH3]. The summed E-state index contributed by atoms with van der Waals surface area (Å²) in [7, 11) is -8.97. The molecule has 11 heteroatoms. The summed E-state index contributed by atoms with van der Waals surface area (Å²) < 4.78 is 68.9. The Labute approximate surface area is 240 Å². The maximum absolute atomic E-state index is 10.1. The first kappa shape index (κ1) is 42.0. The summed E-state index contributed by atoms with van der Waals surface area (Å²) in [5.41, 5.74) is 0. The Kier molecular flexibility index (Phi) is 37.2. The number of hydrogen-bond donors (Lipinski definition) is 0. The van der Waals surface area contributed by atoms with Crippen LogP contribution in [0.1, 0.15) is 142 Å². The zero-order chi connectivity index (χ0) is 28.7. The van der Waals surface area contributed by atoms with Crippen LogP contribution >= 0.6 is 0 Å². The second-order valence-electron chi connectivity index (χ2n) is 9.32. The second-order valence-corrected chi connectivity index (χ2v) is 14.3. The Bertz CT molecular complexity index is 574. The molecular formula is C26H56O8S2Sn. The van der Waals surface area contributed by atoms with Crippen LogP contribution in [0.4, 0.5) is 0 Å². The standard InChI is InChI=1S/2C12H26O4S.2CH3.Sn/c2*1-2-3-4-5-6-7-8-9-10-11-12-16-17(13,14)15;;;/h2*2-12H2,1H3,(H,13,14,15);2*1H3;/q;;;;+2/p-2. The molecule has 0 rings (SSSR count). The molecule has 0 aromatic heterocycles. The van der Waals surface area contributed by atoms with Gasteiger partial charge in [-0.25, -0.2) is 16.8 Å². The van der Waals surface area contributed by atoms with Crippen molar-refractivity contribution in [3.63, 3.8) is 0 Å². The Morgan fingerprint density at radius 2 is 0.649 bits per heavy atom. The summed E-state index contributed by atoms with van der Waals surface area (Å²) in [6.45, 7) is 4.49. The van der Waals surface area contributed by atoms with E-state index in [2.05, 4.69) is 32.1 Å². The quantitative estimate of drug-likeness (QED) is 0.0442. The van der Waals surface area contributed by atoms with Crippen LogP contribution in [0, 0.1) is 0 Å². The van der Waals surface area contributed by atoms with Crippen molar-refractivity contribution in [2.45, 2.75) is 152 Å². The molecule has 0 aromatic carbocycles. The van der Waals surface area contributed by atoms with Crippen LogP contribution in [-0.4, -0.2) is 60.3 Å². The maximum atomic E-state index is 10.1. The molecule has 0 saturated heterocycles. The van der Waals surface area contributed by atoms with E-state index in [-0.39, 0.29) is 34.4 Å². The molecule has 0 saturated carbocycles. The van der Waals surface area contributed by atoms with Crippen LogP contribution < -0.4 is 0 Å². The zero-order valence-corrected chi connectivity index (χ0v) is 28.6. The van der Waals surface area contributed by atoms with E-state index in [0.717, 1.165) is 25.7 Å². The molecule has 0 atom stereocenters. The Morgan fingerprint density at radius 3 is 0.838 bits per heavy atom. The number of rotatable bonds is 24. The monoisotopic (exact) mass is 680 g/mol. The van der Waals surface area contributed by atoms with Gasteiger partial charge in [0, 0.05) is 0 Å². The zero-order valence-electron chi connectivity index (χ0n) is 24.1. The molecule has 0 aliphatic carbocycles. The van der Waals surface area contributed by atoms with E-state index in [1.165, 1.54) is 89.9 Å². The minimum atomic E-state index is -4.48. The molecule has 0 bridgehead atoms. The molecule has 0 aromatic rings. The van der Waals surface area contributed by atoms with Gasteiger partial charge in [0.05, 0.1) is 13.2 Å². The van der Waals surface area contributed by atoms with Gasteiger partial charge in [0.15, 0.2) is 0 Å². The van der Waals surface area contributed by atoms with E-state index in [4.69, 9.17) is 0 Å². The van der Waals surface area contributed by atoms with Crippen molar-refractivity contribution in [3.8, 4) is 0 Å². The molecule has 37 heavy (non-hydrogen) atoms. The number of hydrogen-bond acceptors (Lipinski definition) is 8. The summed E-state index contributed by atoms with van der Waals surface area (Å²) in [4.78, 5) is 4.59. The summed E-state index contributed by atoms with van der Waals surface area (Å²) in [5, 5.41) is 0. The molecule has 0 amide bonds. The van der Waals surface area contributed by atoms with Crippen LogP contribution in [0.5, 0.6) is 0 Å². The van der Waals surface area contributed by atoms with Crippen LogP contribution in [0.2, 0.25) is 9.88 Å². The van der Waals surface area contributed by atoms with Crippen molar-refractivity contribution in [3.05, 3.63) is 0 Å². The first-order valence-electron chi connectivity index (χ1n) is 14.3. The molecular weight excluding hydrogens is 623 g/mol. The van der Waals surface area contributed by atoms with Gasteiger partial charge in [-0.1, -0.05) is 129 Å². The van der Waals surface area contributed by atoms with Crippen LogP contribution in [0.25, 0.3) is 0 Å². The Morgan fingerprint density at radius 1 is 0.459 bits per heavy atom. The van der Waals surface area contributed by atoms with Crippen molar-refractivity contribution in [1.29, 1.82) is 0 Å². The average Bonchev–Trinajstić information content (AvgIpc) is 2.80. The Balaban J connectivity index is -0.000000564. The first-order valence-corrected chi connectivity index (χ1v) is 22.7. The van der Waals surface area contributed by atoms with Gasteiger partial charge < -0.3 is 9.11 Å². The van der Waals surface area contributed by atoms with Gasteiger partial charge in [-0.2, -0.15) is 0 Å². The van der Waals surface area contributed by atoms with Gasteiger partial charge in [0.2, 0.25) is 20.8 Å². The van der Waals surface area contributed by atoms with E-state index in [1.807, 2.05) is 0 Å². The van der Waals surface area contributed by atoms with Crippen molar-refractivity contribution >= 4 is 41.9 Å². The summed E-state index contributed by atoms with van der Waals surface area (Å²) in [6.07, 6.45) is 23.4. The molecule has 0 fully saturated rings.